The Kier molecular flexibility index (Phi) is 5.04. The summed E-state index contributed by atoms with van der Waals surface area (Å²) in [4.78, 5) is 20.5. The molecule has 1 amide bonds. The van der Waals surface area contributed by atoms with Crippen molar-refractivity contribution in [3.8, 4) is 11.3 Å². The molecule has 0 fully saturated rings. The van der Waals surface area contributed by atoms with Crippen molar-refractivity contribution in [2.45, 2.75) is 26.5 Å². The second-order valence-corrected chi connectivity index (χ2v) is 5.80. The van der Waals surface area contributed by atoms with E-state index in [2.05, 4.69) is 20.4 Å². The first-order valence-electron chi connectivity index (χ1n) is 7.95. The second kappa shape index (κ2) is 7.40. The first kappa shape index (κ1) is 17.7. The van der Waals surface area contributed by atoms with Crippen LogP contribution in [0.15, 0.2) is 41.1 Å². The van der Waals surface area contributed by atoms with Crippen LogP contribution in [0.25, 0.3) is 11.3 Å². The van der Waals surface area contributed by atoms with Crippen molar-refractivity contribution in [1.29, 1.82) is 0 Å². The van der Waals surface area contributed by atoms with E-state index < -0.39 is 11.9 Å². The summed E-state index contributed by atoms with van der Waals surface area (Å²) in [7, 11) is 0. The predicted octanol–water partition coefficient (Wildman–Crippen LogP) is 2.56. The van der Waals surface area contributed by atoms with Gasteiger partial charge in [-0.25, -0.2) is 4.39 Å². The van der Waals surface area contributed by atoms with Gasteiger partial charge in [0.15, 0.2) is 5.82 Å². The minimum Gasteiger partial charge on any atom is -0.389 e. The lowest BCUT2D eigenvalue weighted by Gasteiger charge is -2.11. The van der Waals surface area contributed by atoms with Crippen LogP contribution < -0.4 is 5.32 Å². The topological polar surface area (TPSA) is 101 Å². The molecular weight excluding hydrogens is 339 g/mol. The summed E-state index contributed by atoms with van der Waals surface area (Å²) < 4.78 is 18.0. The van der Waals surface area contributed by atoms with Gasteiger partial charge in [0.2, 0.25) is 5.89 Å². The number of benzene rings is 1. The molecule has 0 aliphatic rings. The maximum atomic E-state index is 13.1. The van der Waals surface area contributed by atoms with E-state index in [0.29, 0.717) is 34.1 Å². The van der Waals surface area contributed by atoms with Crippen LogP contribution >= 0.6 is 0 Å². The van der Waals surface area contributed by atoms with Crippen LogP contribution in [0.1, 0.15) is 40.7 Å². The van der Waals surface area contributed by atoms with Crippen molar-refractivity contribution in [3.63, 3.8) is 0 Å². The molecular formula is C18H17FN4O3. The summed E-state index contributed by atoms with van der Waals surface area (Å²) in [6.07, 6.45) is 0.322. The molecule has 1 unspecified atom stereocenters. The Morgan fingerprint density at radius 3 is 2.77 bits per heavy atom. The highest BCUT2D eigenvalue weighted by atomic mass is 19.1. The Morgan fingerprint density at radius 1 is 1.35 bits per heavy atom. The molecule has 0 bridgehead atoms. The molecule has 2 N–H and O–H groups in total. The van der Waals surface area contributed by atoms with E-state index in [4.69, 9.17) is 4.52 Å². The molecule has 0 saturated carbocycles. The number of rotatable bonds is 5. The highest BCUT2D eigenvalue weighted by molar-refractivity contribution is 5.95. The summed E-state index contributed by atoms with van der Waals surface area (Å²) in [6, 6.07) is 7.73. The molecule has 1 aromatic carbocycles. The molecule has 0 spiro atoms. The minimum atomic E-state index is -0.777. The Morgan fingerprint density at radius 2 is 2.15 bits per heavy atom. The average molecular weight is 356 g/mol. The normalized spacial score (nSPS) is 12.0. The van der Waals surface area contributed by atoms with E-state index in [9.17, 15) is 14.3 Å². The van der Waals surface area contributed by atoms with E-state index >= 15 is 0 Å². The van der Waals surface area contributed by atoms with Crippen LogP contribution in [0.3, 0.4) is 0 Å². The summed E-state index contributed by atoms with van der Waals surface area (Å²) in [5, 5.41) is 16.3. The lowest BCUT2D eigenvalue weighted by Crippen LogP contribution is -2.23. The fourth-order valence-corrected chi connectivity index (χ4v) is 2.39. The van der Waals surface area contributed by atoms with Crippen molar-refractivity contribution in [2.75, 3.05) is 0 Å². The van der Waals surface area contributed by atoms with Crippen molar-refractivity contribution in [1.82, 2.24) is 20.4 Å². The zero-order chi connectivity index (χ0) is 18.7. The van der Waals surface area contributed by atoms with Gasteiger partial charge in [0.25, 0.3) is 5.91 Å². The minimum absolute atomic E-state index is 0.0860. The number of carbonyl (C=O) groups is 1. The third-order valence-corrected chi connectivity index (χ3v) is 3.69. The third kappa shape index (κ3) is 4.09. The van der Waals surface area contributed by atoms with Crippen LogP contribution in [-0.4, -0.2) is 26.1 Å². The number of halogens is 1. The average Bonchev–Trinajstić information content (AvgIpc) is 3.05. The smallest absolute Gasteiger partial charge is 0.251 e. The Hall–Kier alpha value is -3.13. The van der Waals surface area contributed by atoms with E-state index in [0.717, 1.165) is 6.20 Å². The fourth-order valence-electron chi connectivity index (χ4n) is 2.39. The van der Waals surface area contributed by atoms with Crippen molar-refractivity contribution in [2.24, 2.45) is 0 Å². The lowest BCUT2D eigenvalue weighted by atomic mass is 10.00. The number of hydrogen-bond acceptors (Lipinski definition) is 6. The molecule has 8 heteroatoms. The summed E-state index contributed by atoms with van der Waals surface area (Å²) in [6.45, 7) is 3.37. The zero-order valence-electron chi connectivity index (χ0n) is 14.2. The molecule has 0 aliphatic carbocycles. The Bertz CT molecular complexity index is 922. The Labute approximate surface area is 148 Å². The first-order valence-corrected chi connectivity index (χ1v) is 7.95. The molecule has 7 nitrogen and oxygen atoms in total. The van der Waals surface area contributed by atoms with E-state index in [1.807, 2.05) is 0 Å². The standard InChI is InChI=1S/C18H17FN4O3/c1-10(24)12-5-13(16-4-3-15(19)8-20-16)7-14(6-12)18(25)21-9-17-22-11(2)23-26-17/h3-8,10,24H,9H2,1-2H3,(H,21,25). The zero-order valence-corrected chi connectivity index (χ0v) is 14.2. The molecule has 2 heterocycles. The number of hydrogen-bond donors (Lipinski definition) is 2. The van der Waals surface area contributed by atoms with Gasteiger partial charge in [0.1, 0.15) is 5.82 Å². The molecule has 1 atom stereocenters. The quantitative estimate of drug-likeness (QED) is 0.729. The molecule has 134 valence electrons. The Balaban J connectivity index is 1.87. The third-order valence-electron chi connectivity index (χ3n) is 3.69. The fraction of sp³-hybridized carbons (Fsp3) is 0.222. The van der Waals surface area contributed by atoms with Gasteiger partial charge in [0, 0.05) is 11.1 Å². The van der Waals surface area contributed by atoms with E-state index in [1.54, 1.807) is 32.0 Å². The van der Waals surface area contributed by atoms with Gasteiger partial charge < -0.3 is 14.9 Å². The lowest BCUT2D eigenvalue weighted by molar-refractivity contribution is 0.0946. The number of amides is 1. The molecule has 3 rings (SSSR count). The van der Waals surface area contributed by atoms with Crippen LogP contribution in [0.5, 0.6) is 0 Å². The molecule has 3 aromatic rings. The SMILES string of the molecule is Cc1noc(CNC(=O)c2cc(-c3ccc(F)cn3)cc(C(C)O)c2)n1. The molecule has 26 heavy (non-hydrogen) atoms. The molecule has 0 aliphatic heterocycles. The number of pyridine rings is 1. The number of carbonyl (C=O) groups excluding carboxylic acids is 1. The first-order chi connectivity index (χ1) is 12.4. The van der Waals surface area contributed by atoms with Gasteiger partial charge in [-0.1, -0.05) is 5.16 Å². The van der Waals surface area contributed by atoms with Gasteiger partial charge in [-0.05, 0) is 49.7 Å². The highest BCUT2D eigenvalue weighted by Crippen LogP contribution is 2.24. The number of aliphatic hydroxyl groups excluding tert-OH is 1. The number of aliphatic hydroxyl groups is 1. The van der Waals surface area contributed by atoms with Gasteiger partial charge in [-0.3, -0.25) is 9.78 Å². The maximum Gasteiger partial charge on any atom is 0.251 e. The number of nitrogens with one attached hydrogen (secondary N) is 1. The van der Waals surface area contributed by atoms with Gasteiger partial charge in [-0.2, -0.15) is 4.98 Å². The van der Waals surface area contributed by atoms with Crippen LogP contribution in [0, 0.1) is 12.7 Å². The van der Waals surface area contributed by atoms with E-state index in [1.165, 1.54) is 12.1 Å². The largest absolute Gasteiger partial charge is 0.389 e. The maximum absolute atomic E-state index is 13.1. The monoisotopic (exact) mass is 356 g/mol. The summed E-state index contributed by atoms with van der Waals surface area (Å²) in [5.74, 6) is -0.0436. The van der Waals surface area contributed by atoms with E-state index in [-0.39, 0.29) is 12.5 Å². The van der Waals surface area contributed by atoms with Gasteiger partial charge in [0.05, 0.1) is 24.5 Å². The molecule has 2 aromatic heterocycles. The van der Waals surface area contributed by atoms with Gasteiger partial charge in [-0.15, -0.1) is 0 Å². The van der Waals surface area contributed by atoms with Crippen molar-refractivity contribution < 1.29 is 18.8 Å². The number of nitrogens with zero attached hydrogens (tertiary/aromatic N) is 3. The van der Waals surface area contributed by atoms with Crippen LogP contribution in [0.2, 0.25) is 0 Å². The number of aryl methyl sites for hydroxylation is 1. The second-order valence-electron chi connectivity index (χ2n) is 5.80. The summed E-state index contributed by atoms with van der Waals surface area (Å²) >= 11 is 0. The van der Waals surface area contributed by atoms with Crippen LogP contribution in [-0.2, 0) is 6.54 Å². The summed E-state index contributed by atoms with van der Waals surface area (Å²) in [5.41, 5.74) is 1.98. The highest BCUT2D eigenvalue weighted by Gasteiger charge is 2.14. The van der Waals surface area contributed by atoms with Gasteiger partial charge >= 0.3 is 0 Å². The van der Waals surface area contributed by atoms with Crippen molar-refractivity contribution >= 4 is 5.91 Å². The molecule has 0 saturated heterocycles. The van der Waals surface area contributed by atoms with Crippen LogP contribution in [0.4, 0.5) is 4.39 Å². The number of aromatic nitrogens is 3. The van der Waals surface area contributed by atoms with Crippen molar-refractivity contribution in [3.05, 3.63) is 65.2 Å². The predicted molar refractivity (Wildman–Crippen MR) is 90.5 cm³/mol. The molecule has 0 radical (unpaired) electrons.